The third-order valence-corrected chi connectivity index (χ3v) is 4.26. The lowest BCUT2D eigenvalue weighted by atomic mass is 9.86. The summed E-state index contributed by atoms with van der Waals surface area (Å²) in [6.45, 7) is 3.94. The van der Waals surface area contributed by atoms with Crippen LogP contribution in [0.4, 0.5) is 8.78 Å². The molecular weight excluding hydrogens is 238 g/mol. The van der Waals surface area contributed by atoms with Crippen molar-refractivity contribution in [1.82, 2.24) is 10.6 Å². The van der Waals surface area contributed by atoms with Gasteiger partial charge in [0.2, 0.25) is 11.8 Å². The molecule has 1 aliphatic heterocycles. The van der Waals surface area contributed by atoms with Crippen LogP contribution < -0.4 is 10.6 Å². The summed E-state index contributed by atoms with van der Waals surface area (Å²) >= 11 is 0. The Bertz CT molecular complexity index is 293. The number of amides is 1. The Morgan fingerprint density at radius 1 is 1.33 bits per heavy atom. The van der Waals surface area contributed by atoms with Gasteiger partial charge in [-0.3, -0.25) is 4.79 Å². The molecule has 1 saturated heterocycles. The second kappa shape index (κ2) is 5.51. The maximum Gasteiger partial charge on any atom is 0.248 e. The van der Waals surface area contributed by atoms with Crippen LogP contribution in [0.1, 0.15) is 39.0 Å². The number of rotatable bonds is 3. The van der Waals surface area contributed by atoms with Gasteiger partial charge in [0.1, 0.15) is 0 Å². The van der Waals surface area contributed by atoms with E-state index in [0.717, 1.165) is 19.5 Å². The van der Waals surface area contributed by atoms with Crippen molar-refractivity contribution in [2.75, 3.05) is 13.1 Å². The molecule has 1 amide bonds. The zero-order valence-corrected chi connectivity index (χ0v) is 10.8. The minimum atomic E-state index is -2.56. The monoisotopic (exact) mass is 260 g/mol. The van der Waals surface area contributed by atoms with Gasteiger partial charge in [-0.05, 0) is 45.2 Å². The minimum Gasteiger partial charge on any atom is -0.353 e. The van der Waals surface area contributed by atoms with Crippen LogP contribution in [-0.4, -0.2) is 31.0 Å². The van der Waals surface area contributed by atoms with Crippen molar-refractivity contribution in [3.63, 3.8) is 0 Å². The Morgan fingerprint density at radius 2 is 2.00 bits per heavy atom. The maximum atomic E-state index is 13.0. The molecule has 2 atom stereocenters. The largest absolute Gasteiger partial charge is 0.353 e. The number of hydrogen-bond donors (Lipinski definition) is 2. The van der Waals surface area contributed by atoms with E-state index in [9.17, 15) is 13.6 Å². The van der Waals surface area contributed by atoms with Gasteiger partial charge in [-0.15, -0.1) is 0 Å². The summed E-state index contributed by atoms with van der Waals surface area (Å²) in [4.78, 5) is 12.0. The van der Waals surface area contributed by atoms with Crippen LogP contribution in [0.15, 0.2) is 0 Å². The first-order chi connectivity index (χ1) is 8.48. The molecule has 104 valence electrons. The normalized spacial score (nSPS) is 30.1. The fraction of sp³-hybridized carbons (Fsp3) is 0.923. The van der Waals surface area contributed by atoms with Gasteiger partial charge in [0.15, 0.2) is 0 Å². The molecule has 18 heavy (non-hydrogen) atoms. The van der Waals surface area contributed by atoms with E-state index in [1.54, 1.807) is 0 Å². The molecular formula is C13H22F2N2O. The van der Waals surface area contributed by atoms with Crippen molar-refractivity contribution in [2.45, 2.75) is 51.0 Å². The third kappa shape index (κ3) is 3.40. The minimum absolute atomic E-state index is 0.0371. The molecule has 3 nitrogen and oxygen atoms in total. The van der Waals surface area contributed by atoms with Crippen LogP contribution in [0, 0.1) is 11.8 Å². The Morgan fingerprint density at radius 3 is 2.56 bits per heavy atom. The topological polar surface area (TPSA) is 41.1 Å². The van der Waals surface area contributed by atoms with Crippen LogP contribution in [0.5, 0.6) is 0 Å². The van der Waals surface area contributed by atoms with E-state index in [-0.39, 0.29) is 30.7 Å². The number of halogens is 2. The summed E-state index contributed by atoms with van der Waals surface area (Å²) in [5, 5.41) is 6.26. The molecule has 1 heterocycles. The molecule has 0 spiro atoms. The van der Waals surface area contributed by atoms with Gasteiger partial charge in [-0.25, -0.2) is 8.78 Å². The van der Waals surface area contributed by atoms with E-state index < -0.39 is 5.92 Å². The molecule has 2 aliphatic rings. The van der Waals surface area contributed by atoms with E-state index in [2.05, 4.69) is 10.6 Å². The summed E-state index contributed by atoms with van der Waals surface area (Å²) in [7, 11) is 0. The van der Waals surface area contributed by atoms with Crippen molar-refractivity contribution in [3.8, 4) is 0 Å². The van der Waals surface area contributed by atoms with E-state index >= 15 is 0 Å². The Labute approximate surface area is 107 Å². The van der Waals surface area contributed by atoms with E-state index in [1.165, 1.54) is 0 Å². The Balaban J connectivity index is 1.77. The molecule has 2 unspecified atom stereocenters. The van der Waals surface area contributed by atoms with Crippen molar-refractivity contribution < 1.29 is 13.6 Å². The standard InChI is InChI=1S/C13H22F2N2O/c1-9(11-4-7-16-8-11)17-12(18)10-2-5-13(14,15)6-3-10/h9-11,16H,2-8H2,1H3,(H,17,18). The van der Waals surface area contributed by atoms with Gasteiger partial charge >= 0.3 is 0 Å². The third-order valence-electron chi connectivity index (χ3n) is 4.26. The fourth-order valence-corrected chi connectivity index (χ4v) is 2.87. The number of hydrogen-bond acceptors (Lipinski definition) is 2. The summed E-state index contributed by atoms with van der Waals surface area (Å²) in [5.74, 6) is -2.34. The highest BCUT2D eigenvalue weighted by Gasteiger charge is 2.37. The smallest absolute Gasteiger partial charge is 0.248 e. The predicted octanol–water partition coefficient (Wildman–Crippen LogP) is 1.93. The molecule has 0 aromatic heterocycles. The second-order valence-electron chi connectivity index (χ2n) is 5.68. The molecule has 0 aromatic rings. The summed E-state index contributed by atoms with van der Waals surface area (Å²) in [6.07, 6.45) is 1.40. The molecule has 2 fully saturated rings. The Kier molecular flexibility index (Phi) is 4.20. The lowest BCUT2D eigenvalue weighted by molar-refractivity contribution is -0.130. The highest BCUT2D eigenvalue weighted by molar-refractivity contribution is 5.79. The molecule has 0 radical (unpaired) electrons. The first kappa shape index (κ1) is 13.7. The van der Waals surface area contributed by atoms with Crippen LogP contribution >= 0.6 is 0 Å². The molecule has 0 aromatic carbocycles. The van der Waals surface area contributed by atoms with Crippen molar-refractivity contribution in [2.24, 2.45) is 11.8 Å². The summed E-state index contributed by atoms with van der Waals surface area (Å²) in [6, 6.07) is 0.134. The zero-order valence-electron chi connectivity index (χ0n) is 10.8. The van der Waals surface area contributed by atoms with E-state index in [4.69, 9.17) is 0 Å². The van der Waals surface area contributed by atoms with Gasteiger partial charge in [-0.1, -0.05) is 0 Å². The Hall–Kier alpha value is -0.710. The van der Waals surface area contributed by atoms with Gasteiger partial charge in [0, 0.05) is 24.8 Å². The molecule has 1 saturated carbocycles. The van der Waals surface area contributed by atoms with Crippen molar-refractivity contribution in [3.05, 3.63) is 0 Å². The van der Waals surface area contributed by atoms with Crippen molar-refractivity contribution in [1.29, 1.82) is 0 Å². The fourth-order valence-electron chi connectivity index (χ4n) is 2.87. The average molecular weight is 260 g/mol. The lowest BCUT2D eigenvalue weighted by Gasteiger charge is -2.29. The quantitative estimate of drug-likeness (QED) is 0.814. The first-order valence-electron chi connectivity index (χ1n) is 6.87. The second-order valence-corrected chi connectivity index (χ2v) is 5.68. The SMILES string of the molecule is CC(NC(=O)C1CCC(F)(F)CC1)C1CCNC1. The maximum absolute atomic E-state index is 13.0. The summed E-state index contributed by atoms with van der Waals surface area (Å²) < 4.78 is 26.0. The molecule has 5 heteroatoms. The number of nitrogens with one attached hydrogen (secondary N) is 2. The average Bonchev–Trinajstić information content (AvgIpc) is 2.82. The van der Waals surface area contributed by atoms with E-state index in [0.29, 0.717) is 18.8 Å². The molecule has 0 bridgehead atoms. The molecule has 1 aliphatic carbocycles. The molecule has 2 rings (SSSR count). The number of carbonyl (C=O) groups excluding carboxylic acids is 1. The van der Waals surface area contributed by atoms with Crippen LogP contribution in [-0.2, 0) is 4.79 Å². The van der Waals surface area contributed by atoms with E-state index in [1.807, 2.05) is 6.92 Å². The zero-order chi connectivity index (χ0) is 13.2. The highest BCUT2D eigenvalue weighted by Crippen LogP contribution is 2.36. The van der Waals surface area contributed by atoms with Crippen molar-refractivity contribution >= 4 is 5.91 Å². The van der Waals surface area contributed by atoms with Gasteiger partial charge < -0.3 is 10.6 Å². The van der Waals surface area contributed by atoms with Gasteiger partial charge in [0.25, 0.3) is 0 Å². The number of carbonyl (C=O) groups is 1. The number of alkyl halides is 2. The van der Waals surface area contributed by atoms with Crippen LogP contribution in [0.2, 0.25) is 0 Å². The lowest BCUT2D eigenvalue weighted by Crippen LogP contribution is -2.43. The van der Waals surface area contributed by atoms with Crippen LogP contribution in [0.25, 0.3) is 0 Å². The first-order valence-corrected chi connectivity index (χ1v) is 6.87. The molecule has 2 N–H and O–H groups in total. The predicted molar refractivity (Wildman–Crippen MR) is 65.5 cm³/mol. The summed E-state index contributed by atoms with van der Waals surface area (Å²) in [5.41, 5.74) is 0. The van der Waals surface area contributed by atoms with Gasteiger partial charge in [0.05, 0.1) is 0 Å². The van der Waals surface area contributed by atoms with Gasteiger partial charge in [-0.2, -0.15) is 0 Å². The highest BCUT2D eigenvalue weighted by atomic mass is 19.3. The van der Waals surface area contributed by atoms with Crippen LogP contribution in [0.3, 0.4) is 0 Å².